The average Bonchev–Trinajstić information content (AvgIpc) is 3.71. The van der Waals surface area contributed by atoms with Crippen LogP contribution < -0.4 is 0 Å². The Bertz CT molecular complexity index is 2790. The molecule has 50 heavy (non-hydrogen) atoms. The van der Waals surface area contributed by atoms with Crippen LogP contribution in [0.4, 0.5) is 0 Å². The Hall–Kier alpha value is -6.89. The summed E-state index contributed by atoms with van der Waals surface area (Å²) >= 11 is 0. The number of benzene rings is 6. The van der Waals surface area contributed by atoms with Crippen molar-refractivity contribution in [1.82, 2.24) is 14.1 Å². The van der Waals surface area contributed by atoms with Gasteiger partial charge in [-0.2, -0.15) is 0 Å². The molecule has 0 aliphatic rings. The van der Waals surface area contributed by atoms with Crippen LogP contribution >= 0.6 is 0 Å². The van der Waals surface area contributed by atoms with Gasteiger partial charge in [-0.05, 0) is 89.0 Å². The SMILES string of the molecule is c1cccc(-n2c3ccccc3c3cc(-c4ccc5c(c4)c4ccccc4n5-c4cc(-c5ccccc5)cc(-c5ccccc5)n4)ccc32)c#1. The van der Waals surface area contributed by atoms with Gasteiger partial charge in [0.15, 0.2) is 0 Å². The van der Waals surface area contributed by atoms with Crippen molar-refractivity contribution in [3.8, 4) is 45.0 Å². The van der Waals surface area contributed by atoms with Crippen LogP contribution in [0.5, 0.6) is 0 Å². The molecule has 0 saturated carbocycles. The Morgan fingerprint density at radius 3 is 1.58 bits per heavy atom. The van der Waals surface area contributed by atoms with Crippen LogP contribution in [0.25, 0.3) is 88.6 Å². The monoisotopic (exact) mass is 635 g/mol. The molecule has 0 saturated heterocycles. The molecule has 232 valence electrons. The molecule has 0 bridgehead atoms. The number of nitrogens with zero attached hydrogens (tertiary/aromatic N) is 3. The minimum atomic E-state index is 0.897. The summed E-state index contributed by atoms with van der Waals surface area (Å²) in [5.41, 5.74) is 12.3. The number of pyridine rings is 1. The highest BCUT2D eigenvalue weighted by molar-refractivity contribution is 6.12. The van der Waals surface area contributed by atoms with E-state index in [1.807, 2.05) is 18.2 Å². The maximum Gasteiger partial charge on any atom is 0.138 e. The van der Waals surface area contributed by atoms with Crippen molar-refractivity contribution in [2.75, 3.05) is 0 Å². The van der Waals surface area contributed by atoms with E-state index >= 15 is 0 Å². The van der Waals surface area contributed by atoms with Gasteiger partial charge in [0.25, 0.3) is 0 Å². The molecule has 10 rings (SSSR count). The van der Waals surface area contributed by atoms with Crippen molar-refractivity contribution in [2.24, 2.45) is 0 Å². The Kier molecular flexibility index (Phi) is 6.40. The third-order valence-corrected chi connectivity index (χ3v) is 9.77. The summed E-state index contributed by atoms with van der Waals surface area (Å²) in [5.74, 6) is 0.897. The summed E-state index contributed by atoms with van der Waals surface area (Å²) < 4.78 is 4.60. The fourth-order valence-electron chi connectivity index (χ4n) is 7.47. The molecule has 0 atom stereocenters. The van der Waals surface area contributed by atoms with Gasteiger partial charge in [-0.15, -0.1) is 0 Å². The van der Waals surface area contributed by atoms with E-state index in [-0.39, 0.29) is 0 Å². The van der Waals surface area contributed by atoms with Gasteiger partial charge >= 0.3 is 0 Å². The highest BCUT2D eigenvalue weighted by Crippen LogP contribution is 2.39. The second-order valence-corrected chi connectivity index (χ2v) is 12.7. The predicted octanol–water partition coefficient (Wildman–Crippen LogP) is 11.9. The Balaban J connectivity index is 1.17. The van der Waals surface area contributed by atoms with Gasteiger partial charge in [0.05, 0.1) is 33.4 Å². The van der Waals surface area contributed by atoms with Crippen molar-refractivity contribution in [3.63, 3.8) is 0 Å². The average molecular weight is 636 g/mol. The van der Waals surface area contributed by atoms with Crippen LogP contribution in [0, 0.1) is 12.1 Å². The van der Waals surface area contributed by atoms with Gasteiger partial charge in [0, 0.05) is 27.1 Å². The zero-order valence-electron chi connectivity index (χ0n) is 27.1. The molecule has 0 aliphatic heterocycles. The van der Waals surface area contributed by atoms with Gasteiger partial charge in [-0.3, -0.25) is 4.57 Å². The minimum absolute atomic E-state index is 0.897. The van der Waals surface area contributed by atoms with Gasteiger partial charge < -0.3 is 4.57 Å². The molecule has 3 aromatic heterocycles. The van der Waals surface area contributed by atoms with Crippen LogP contribution in [0.2, 0.25) is 0 Å². The molecular formula is C47H29N3. The van der Waals surface area contributed by atoms with Crippen LogP contribution in [0.1, 0.15) is 0 Å². The fraction of sp³-hybridized carbons (Fsp3) is 0. The largest absolute Gasteiger partial charge is 0.302 e. The normalized spacial score (nSPS) is 11.4. The van der Waals surface area contributed by atoms with Crippen LogP contribution in [-0.2, 0) is 0 Å². The summed E-state index contributed by atoms with van der Waals surface area (Å²) in [7, 11) is 0. The molecule has 0 radical (unpaired) electrons. The van der Waals surface area contributed by atoms with Crippen molar-refractivity contribution < 1.29 is 0 Å². The maximum absolute atomic E-state index is 5.30. The molecule has 3 nitrogen and oxygen atoms in total. The van der Waals surface area contributed by atoms with Gasteiger partial charge in [0.2, 0.25) is 0 Å². The number of aromatic nitrogens is 3. The first-order chi connectivity index (χ1) is 24.8. The lowest BCUT2D eigenvalue weighted by molar-refractivity contribution is 1.08. The summed E-state index contributed by atoms with van der Waals surface area (Å²) in [6.07, 6.45) is 0. The van der Waals surface area contributed by atoms with E-state index in [2.05, 4.69) is 179 Å². The Morgan fingerprint density at radius 2 is 0.940 bits per heavy atom. The van der Waals surface area contributed by atoms with Crippen molar-refractivity contribution >= 4 is 43.6 Å². The second kappa shape index (κ2) is 11.4. The smallest absolute Gasteiger partial charge is 0.138 e. The fourth-order valence-corrected chi connectivity index (χ4v) is 7.47. The van der Waals surface area contributed by atoms with Crippen LogP contribution in [0.15, 0.2) is 176 Å². The number of fused-ring (bicyclic) bond motifs is 6. The van der Waals surface area contributed by atoms with Crippen molar-refractivity contribution in [1.29, 1.82) is 0 Å². The van der Waals surface area contributed by atoms with Gasteiger partial charge in [-0.1, -0.05) is 121 Å². The summed E-state index contributed by atoms with van der Waals surface area (Å²) in [6, 6.07) is 68.8. The summed E-state index contributed by atoms with van der Waals surface area (Å²) in [6.45, 7) is 0. The van der Waals surface area contributed by atoms with Crippen LogP contribution in [0.3, 0.4) is 0 Å². The standard InChI is InChI=1S/C47H29N3/c1-4-14-32(15-5-1)36-30-42(33-16-6-2-7-17-33)48-47(31-36)50-44-23-13-11-21-39(44)41-29-35(25-27-46(41)50)34-24-26-45-40(28-34)38-20-10-12-22-43(38)49(45)37-18-8-3-9-19-37/h1-8,10-18,20-31H. The first-order valence-electron chi connectivity index (χ1n) is 16.9. The number of hydrogen-bond acceptors (Lipinski definition) is 1. The van der Waals surface area contributed by atoms with E-state index in [4.69, 9.17) is 4.98 Å². The lowest BCUT2D eigenvalue weighted by atomic mass is 10.0. The minimum Gasteiger partial charge on any atom is -0.302 e. The molecule has 0 unspecified atom stereocenters. The molecule has 0 spiro atoms. The lowest BCUT2D eigenvalue weighted by Crippen LogP contribution is -2.00. The molecule has 0 N–H and O–H groups in total. The number of para-hydroxylation sites is 2. The lowest BCUT2D eigenvalue weighted by Gasteiger charge is -2.13. The Labute approximate surface area is 290 Å². The number of rotatable bonds is 5. The van der Waals surface area contributed by atoms with E-state index in [1.54, 1.807) is 0 Å². The summed E-state index contributed by atoms with van der Waals surface area (Å²) in [5, 5.41) is 4.83. The van der Waals surface area contributed by atoms with Crippen molar-refractivity contribution in [3.05, 3.63) is 188 Å². The molecule has 0 amide bonds. The third kappa shape index (κ3) is 4.51. The molecule has 3 heterocycles. The van der Waals surface area contributed by atoms with E-state index in [0.29, 0.717) is 0 Å². The Morgan fingerprint density at radius 1 is 0.380 bits per heavy atom. The summed E-state index contributed by atoms with van der Waals surface area (Å²) in [4.78, 5) is 5.30. The van der Waals surface area contributed by atoms with E-state index in [9.17, 15) is 0 Å². The van der Waals surface area contributed by atoms with Crippen LogP contribution in [-0.4, -0.2) is 14.1 Å². The first kappa shape index (κ1) is 28.2. The highest BCUT2D eigenvalue weighted by Gasteiger charge is 2.18. The predicted molar refractivity (Wildman–Crippen MR) is 207 cm³/mol. The van der Waals surface area contributed by atoms with Crippen molar-refractivity contribution in [2.45, 2.75) is 0 Å². The molecule has 10 aromatic rings. The highest BCUT2D eigenvalue weighted by atomic mass is 15.1. The molecule has 7 aromatic carbocycles. The third-order valence-electron chi connectivity index (χ3n) is 9.77. The zero-order valence-corrected chi connectivity index (χ0v) is 27.1. The molecule has 3 heteroatoms. The molecule has 0 fully saturated rings. The van der Waals surface area contributed by atoms with E-state index in [0.717, 1.165) is 56.0 Å². The molecular weight excluding hydrogens is 607 g/mol. The molecule has 0 aliphatic carbocycles. The maximum atomic E-state index is 5.30. The topological polar surface area (TPSA) is 22.8 Å². The van der Waals surface area contributed by atoms with Gasteiger partial charge in [-0.25, -0.2) is 4.98 Å². The first-order valence-corrected chi connectivity index (χ1v) is 16.9. The van der Waals surface area contributed by atoms with E-state index in [1.165, 1.54) is 32.7 Å². The van der Waals surface area contributed by atoms with E-state index < -0.39 is 0 Å². The second-order valence-electron chi connectivity index (χ2n) is 12.7. The van der Waals surface area contributed by atoms with Gasteiger partial charge in [0.1, 0.15) is 5.82 Å². The zero-order chi connectivity index (χ0) is 33.0. The number of hydrogen-bond donors (Lipinski definition) is 0. The quantitative estimate of drug-likeness (QED) is 0.184.